The van der Waals surface area contributed by atoms with Crippen LogP contribution in [0.1, 0.15) is 74.1 Å². The number of aryl methyl sites for hydroxylation is 2. The lowest BCUT2D eigenvalue weighted by Crippen LogP contribution is -2.15. The maximum atomic E-state index is 15.3. The van der Waals surface area contributed by atoms with Gasteiger partial charge in [-0.15, -0.1) is 6.58 Å². The Hall–Kier alpha value is -3.11. The molecule has 1 heteroatoms. The Morgan fingerprint density at radius 3 is 2.34 bits per heavy atom. The minimum atomic E-state index is -0.0594. The first-order chi connectivity index (χ1) is 17.2. The van der Waals surface area contributed by atoms with Gasteiger partial charge in [0, 0.05) is 16.5 Å². The molecule has 180 valence electrons. The third-order valence-corrected chi connectivity index (χ3v) is 7.46. The summed E-state index contributed by atoms with van der Waals surface area (Å²) >= 11 is 0. The Morgan fingerprint density at radius 1 is 0.886 bits per heavy atom. The molecule has 0 aliphatic heterocycles. The molecule has 35 heavy (non-hydrogen) atoms. The molecule has 1 saturated carbocycles. The lowest BCUT2D eigenvalue weighted by Gasteiger charge is -2.28. The Kier molecular flexibility index (Phi) is 8.96. The molecule has 3 aromatic rings. The summed E-state index contributed by atoms with van der Waals surface area (Å²) in [6, 6.07) is 18.3. The molecule has 0 bridgehead atoms. The van der Waals surface area contributed by atoms with Crippen molar-refractivity contribution in [1.29, 1.82) is 0 Å². The molecule has 1 aliphatic rings. The summed E-state index contributed by atoms with van der Waals surface area (Å²) in [5, 5.41) is 1.62. The van der Waals surface area contributed by atoms with E-state index in [-0.39, 0.29) is 5.82 Å². The van der Waals surface area contributed by atoms with E-state index in [9.17, 15) is 0 Å². The zero-order chi connectivity index (χ0) is 24.5. The molecule has 0 nitrogen and oxygen atoms in total. The second kappa shape index (κ2) is 12.6. The lowest BCUT2D eigenvalue weighted by molar-refractivity contribution is 0.264. The lowest BCUT2D eigenvalue weighted by atomic mass is 9.78. The van der Waals surface area contributed by atoms with Gasteiger partial charge in [-0.3, -0.25) is 0 Å². The molecule has 0 atom stereocenters. The molecule has 0 N–H and O–H groups in total. The van der Waals surface area contributed by atoms with E-state index in [1.807, 2.05) is 24.3 Å². The fraction of sp³-hybridized carbons (Fsp3) is 0.353. The van der Waals surface area contributed by atoms with Crippen molar-refractivity contribution in [3.63, 3.8) is 0 Å². The van der Waals surface area contributed by atoms with E-state index < -0.39 is 0 Å². The van der Waals surface area contributed by atoms with Gasteiger partial charge in [0.2, 0.25) is 0 Å². The molecule has 0 heterocycles. The van der Waals surface area contributed by atoms with Crippen LogP contribution in [-0.4, -0.2) is 0 Å². The van der Waals surface area contributed by atoms with Crippen molar-refractivity contribution in [3.05, 3.63) is 107 Å². The molecule has 0 radical (unpaired) electrons. The average molecular weight is 465 g/mol. The van der Waals surface area contributed by atoms with E-state index >= 15 is 4.39 Å². The number of benzene rings is 3. The first kappa shape index (κ1) is 25.0. The van der Waals surface area contributed by atoms with Crippen molar-refractivity contribution in [2.75, 3.05) is 0 Å². The number of hydrogen-bond donors (Lipinski definition) is 0. The normalized spacial score (nSPS) is 17.9. The number of halogens is 1. The van der Waals surface area contributed by atoms with Gasteiger partial charge in [0.25, 0.3) is 0 Å². The van der Waals surface area contributed by atoms with Gasteiger partial charge in [0.1, 0.15) is 5.82 Å². The number of rotatable bonds is 8. The van der Waals surface area contributed by atoms with Gasteiger partial charge >= 0.3 is 0 Å². The van der Waals surface area contributed by atoms with Crippen molar-refractivity contribution in [3.8, 4) is 11.8 Å². The number of hydrogen-bond acceptors (Lipinski definition) is 0. The van der Waals surface area contributed by atoms with Crippen LogP contribution in [0.3, 0.4) is 0 Å². The van der Waals surface area contributed by atoms with Gasteiger partial charge in [-0.05, 0) is 104 Å². The highest BCUT2D eigenvalue weighted by Gasteiger charge is 2.20. The van der Waals surface area contributed by atoms with Gasteiger partial charge in [0.15, 0.2) is 0 Å². The zero-order valence-corrected chi connectivity index (χ0v) is 21.0. The van der Waals surface area contributed by atoms with Crippen molar-refractivity contribution in [2.24, 2.45) is 11.8 Å². The van der Waals surface area contributed by atoms with E-state index in [1.165, 1.54) is 31.2 Å². The summed E-state index contributed by atoms with van der Waals surface area (Å²) in [6.07, 6.45) is 16.6. The van der Waals surface area contributed by atoms with Crippen molar-refractivity contribution < 1.29 is 4.39 Å². The molecule has 1 fully saturated rings. The van der Waals surface area contributed by atoms with Crippen LogP contribution < -0.4 is 0 Å². The Morgan fingerprint density at radius 2 is 1.60 bits per heavy atom. The predicted octanol–water partition coefficient (Wildman–Crippen LogP) is 9.20. The standard InChI is InChI=1S/C34H37F/c1-3-5-6-8-27-11-15-28(16-12-27)17-18-30-20-24-33-32(25-30)23-22-31(34(33)35)21-19-29-13-9-26(7-4-2)10-14-29/h3-5,11-12,15-16,20,22-26,29H,2,6-10,13-14,19,21H2,1H3/b5-3+. The van der Waals surface area contributed by atoms with Crippen LogP contribution in [0.5, 0.6) is 0 Å². The van der Waals surface area contributed by atoms with Crippen LogP contribution in [0, 0.1) is 29.5 Å². The first-order valence-corrected chi connectivity index (χ1v) is 13.2. The van der Waals surface area contributed by atoms with Crippen LogP contribution in [0.15, 0.2) is 79.4 Å². The Labute approximate surface area is 211 Å². The first-order valence-electron chi connectivity index (χ1n) is 13.2. The Bertz CT molecular complexity index is 1210. The highest BCUT2D eigenvalue weighted by atomic mass is 19.1. The smallest absolute Gasteiger partial charge is 0.134 e. The second-order valence-corrected chi connectivity index (χ2v) is 9.98. The van der Waals surface area contributed by atoms with E-state index in [2.05, 4.69) is 73.9 Å². The van der Waals surface area contributed by atoms with Crippen LogP contribution in [0.25, 0.3) is 10.8 Å². The third kappa shape index (κ3) is 6.95. The van der Waals surface area contributed by atoms with Gasteiger partial charge in [-0.2, -0.15) is 0 Å². The molecular formula is C34H37F. The van der Waals surface area contributed by atoms with Crippen molar-refractivity contribution >= 4 is 10.8 Å². The minimum Gasteiger partial charge on any atom is -0.206 e. The summed E-state index contributed by atoms with van der Waals surface area (Å²) in [5.41, 5.74) is 4.09. The maximum Gasteiger partial charge on any atom is 0.134 e. The number of fused-ring (bicyclic) bond motifs is 1. The predicted molar refractivity (Wildman–Crippen MR) is 148 cm³/mol. The minimum absolute atomic E-state index is 0.0594. The molecule has 4 rings (SSSR count). The van der Waals surface area contributed by atoms with E-state index in [4.69, 9.17) is 0 Å². The van der Waals surface area contributed by atoms with Crippen LogP contribution in [0.2, 0.25) is 0 Å². The van der Waals surface area contributed by atoms with Crippen LogP contribution >= 0.6 is 0 Å². The monoisotopic (exact) mass is 464 g/mol. The molecule has 0 spiro atoms. The summed E-state index contributed by atoms with van der Waals surface area (Å²) < 4.78 is 15.3. The molecule has 0 aromatic heterocycles. The van der Waals surface area contributed by atoms with Gasteiger partial charge < -0.3 is 0 Å². The summed E-state index contributed by atoms with van der Waals surface area (Å²) in [6.45, 7) is 5.93. The Balaban J connectivity index is 1.38. The molecule has 0 unspecified atom stereocenters. The molecule has 0 amide bonds. The average Bonchev–Trinajstić information content (AvgIpc) is 2.89. The summed E-state index contributed by atoms with van der Waals surface area (Å²) in [4.78, 5) is 0. The van der Waals surface area contributed by atoms with Gasteiger partial charge in [0.05, 0.1) is 0 Å². The highest BCUT2D eigenvalue weighted by molar-refractivity contribution is 5.85. The molecule has 3 aromatic carbocycles. The topological polar surface area (TPSA) is 0 Å². The quantitative estimate of drug-likeness (QED) is 0.230. The largest absolute Gasteiger partial charge is 0.206 e. The van der Waals surface area contributed by atoms with Crippen LogP contribution in [0.4, 0.5) is 4.39 Å². The van der Waals surface area contributed by atoms with E-state index in [0.29, 0.717) is 5.39 Å². The molecule has 1 aliphatic carbocycles. The SMILES string of the molecule is C=CCC1CCC(CCc2ccc3cc(C#Cc4ccc(CC/C=C/C)cc4)ccc3c2F)CC1. The summed E-state index contributed by atoms with van der Waals surface area (Å²) in [5.74, 6) is 7.98. The fourth-order valence-corrected chi connectivity index (χ4v) is 5.27. The van der Waals surface area contributed by atoms with E-state index in [1.54, 1.807) is 0 Å². The molecular weight excluding hydrogens is 427 g/mol. The summed E-state index contributed by atoms with van der Waals surface area (Å²) in [7, 11) is 0. The van der Waals surface area contributed by atoms with Crippen molar-refractivity contribution in [2.45, 2.75) is 64.7 Å². The van der Waals surface area contributed by atoms with Crippen molar-refractivity contribution in [1.82, 2.24) is 0 Å². The highest BCUT2D eigenvalue weighted by Crippen LogP contribution is 2.34. The maximum absolute atomic E-state index is 15.3. The fourth-order valence-electron chi connectivity index (χ4n) is 5.27. The van der Waals surface area contributed by atoms with Gasteiger partial charge in [-0.25, -0.2) is 4.39 Å². The number of allylic oxidation sites excluding steroid dienone is 3. The van der Waals surface area contributed by atoms with E-state index in [0.717, 1.165) is 66.0 Å². The van der Waals surface area contributed by atoms with Gasteiger partial charge in [-0.1, -0.05) is 73.2 Å². The molecule has 0 saturated heterocycles. The van der Waals surface area contributed by atoms with Crippen LogP contribution in [-0.2, 0) is 12.8 Å². The second-order valence-electron chi connectivity index (χ2n) is 9.98. The zero-order valence-electron chi connectivity index (χ0n) is 21.0. The third-order valence-electron chi connectivity index (χ3n) is 7.46.